The number of ether oxygens (including phenoxy) is 1. The average molecular weight is 294 g/mol. The van der Waals surface area contributed by atoms with Gasteiger partial charge < -0.3 is 10.1 Å². The fourth-order valence-corrected chi connectivity index (χ4v) is 3.77. The van der Waals surface area contributed by atoms with Crippen LogP contribution in [0.25, 0.3) is 0 Å². The molecular weight excluding hydrogens is 278 g/mol. The lowest BCUT2D eigenvalue weighted by Gasteiger charge is -2.24. The summed E-state index contributed by atoms with van der Waals surface area (Å²) in [6.45, 7) is 0.811. The van der Waals surface area contributed by atoms with Crippen molar-refractivity contribution in [3.05, 3.63) is 50.7 Å². The Bertz CT molecular complexity index is 581. The summed E-state index contributed by atoms with van der Waals surface area (Å²) in [5, 5.41) is 3.37. The van der Waals surface area contributed by atoms with E-state index in [0.717, 1.165) is 29.5 Å². The van der Waals surface area contributed by atoms with Crippen molar-refractivity contribution < 1.29 is 4.74 Å². The summed E-state index contributed by atoms with van der Waals surface area (Å²) < 4.78 is 6.72. The van der Waals surface area contributed by atoms with Gasteiger partial charge in [0.1, 0.15) is 5.75 Å². The van der Waals surface area contributed by atoms with Crippen molar-refractivity contribution in [2.75, 3.05) is 13.7 Å². The van der Waals surface area contributed by atoms with Gasteiger partial charge in [-0.15, -0.1) is 11.3 Å². The van der Waals surface area contributed by atoms with E-state index in [-0.39, 0.29) is 6.04 Å². The van der Waals surface area contributed by atoms with Crippen LogP contribution in [0.4, 0.5) is 0 Å². The van der Waals surface area contributed by atoms with Crippen LogP contribution in [0, 0.1) is 0 Å². The summed E-state index contributed by atoms with van der Waals surface area (Å²) in [6.07, 6.45) is 2.20. The quantitative estimate of drug-likeness (QED) is 0.922. The predicted octanol–water partition coefficient (Wildman–Crippen LogP) is 4.04. The molecule has 2 heterocycles. The van der Waals surface area contributed by atoms with E-state index in [2.05, 4.69) is 29.6 Å². The SMILES string of the molecule is CNC(c1ccc(Cl)s1)c1cccc2c1OCCC2. The zero-order valence-corrected chi connectivity index (χ0v) is 12.4. The average Bonchev–Trinajstić information content (AvgIpc) is 2.86. The van der Waals surface area contributed by atoms with E-state index in [1.54, 1.807) is 11.3 Å². The Morgan fingerprint density at radius 1 is 1.32 bits per heavy atom. The lowest BCUT2D eigenvalue weighted by molar-refractivity contribution is 0.283. The molecule has 19 heavy (non-hydrogen) atoms. The molecule has 1 atom stereocenters. The van der Waals surface area contributed by atoms with Crippen LogP contribution in [-0.4, -0.2) is 13.7 Å². The van der Waals surface area contributed by atoms with E-state index in [0.29, 0.717) is 0 Å². The molecule has 0 fully saturated rings. The van der Waals surface area contributed by atoms with Crippen LogP contribution in [-0.2, 0) is 6.42 Å². The Morgan fingerprint density at radius 2 is 2.21 bits per heavy atom. The summed E-state index contributed by atoms with van der Waals surface area (Å²) in [4.78, 5) is 1.22. The van der Waals surface area contributed by atoms with Crippen LogP contribution in [0.2, 0.25) is 4.34 Å². The largest absolute Gasteiger partial charge is 0.493 e. The molecule has 1 aliphatic heterocycles. The summed E-state index contributed by atoms with van der Waals surface area (Å²) in [5.74, 6) is 1.05. The predicted molar refractivity (Wildman–Crippen MR) is 80.5 cm³/mol. The number of thiophene rings is 1. The van der Waals surface area contributed by atoms with E-state index in [1.165, 1.54) is 16.0 Å². The van der Waals surface area contributed by atoms with Crippen molar-refractivity contribution in [1.29, 1.82) is 0 Å². The third-order valence-electron chi connectivity index (χ3n) is 3.44. The summed E-state index contributed by atoms with van der Waals surface area (Å²) >= 11 is 7.67. The molecular formula is C15H16ClNOS. The maximum atomic E-state index is 6.05. The van der Waals surface area contributed by atoms with Crippen LogP contribution in [0.3, 0.4) is 0 Å². The first-order valence-corrected chi connectivity index (χ1v) is 7.66. The second kappa shape index (κ2) is 5.53. The number of rotatable bonds is 3. The van der Waals surface area contributed by atoms with Gasteiger partial charge in [-0.1, -0.05) is 29.8 Å². The van der Waals surface area contributed by atoms with Crippen molar-refractivity contribution in [3.8, 4) is 5.75 Å². The van der Waals surface area contributed by atoms with Gasteiger partial charge in [-0.2, -0.15) is 0 Å². The van der Waals surface area contributed by atoms with Crippen molar-refractivity contribution in [1.82, 2.24) is 5.32 Å². The van der Waals surface area contributed by atoms with Gasteiger partial charge in [0.2, 0.25) is 0 Å². The minimum absolute atomic E-state index is 0.144. The Labute approximate surface area is 122 Å². The maximum Gasteiger partial charge on any atom is 0.127 e. The van der Waals surface area contributed by atoms with Gasteiger partial charge in [0, 0.05) is 10.4 Å². The second-order valence-electron chi connectivity index (χ2n) is 4.65. The van der Waals surface area contributed by atoms with Crippen LogP contribution < -0.4 is 10.1 Å². The summed E-state index contributed by atoms with van der Waals surface area (Å²) in [5.41, 5.74) is 2.52. The van der Waals surface area contributed by atoms with E-state index in [9.17, 15) is 0 Å². The normalized spacial score (nSPS) is 15.7. The highest BCUT2D eigenvalue weighted by Gasteiger charge is 2.22. The van der Waals surface area contributed by atoms with Gasteiger partial charge in [-0.3, -0.25) is 0 Å². The molecule has 0 saturated carbocycles. The van der Waals surface area contributed by atoms with Gasteiger partial charge in [0.15, 0.2) is 0 Å². The molecule has 1 aromatic carbocycles. The third kappa shape index (κ3) is 2.50. The molecule has 2 aromatic rings. The third-order valence-corrected chi connectivity index (χ3v) is 4.74. The Hall–Kier alpha value is -1.03. The first-order chi connectivity index (χ1) is 9.29. The minimum Gasteiger partial charge on any atom is -0.493 e. The first-order valence-electron chi connectivity index (χ1n) is 6.46. The molecule has 2 nitrogen and oxygen atoms in total. The van der Waals surface area contributed by atoms with Gasteiger partial charge in [-0.05, 0) is 37.6 Å². The van der Waals surface area contributed by atoms with Crippen LogP contribution >= 0.6 is 22.9 Å². The number of benzene rings is 1. The molecule has 0 amide bonds. The van der Waals surface area contributed by atoms with E-state index < -0.39 is 0 Å². The molecule has 0 bridgehead atoms. The molecule has 1 aliphatic rings. The van der Waals surface area contributed by atoms with E-state index in [4.69, 9.17) is 16.3 Å². The fraction of sp³-hybridized carbons (Fsp3) is 0.333. The number of fused-ring (bicyclic) bond motifs is 1. The highest BCUT2D eigenvalue weighted by molar-refractivity contribution is 7.16. The number of hydrogen-bond donors (Lipinski definition) is 1. The zero-order chi connectivity index (χ0) is 13.2. The first kappa shape index (κ1) is 13.0. The van der Waals surface area contributed by atoms with Gasteiger partial charge >= 0.3 is 0 Å². The fourth-order valence-electron chi connectivity index (χ4n) is 2.58. The molecule has 0 aliphatic carbocycles. The van der Waals surface area contributed by atoms with Crippen molar-refractivity contribution in [2.45, 2.75) is 18.9 Å². The number of hydrogen-bond acceptors (Lipinski definition) is 3. The van der Waals surface area contributed by atoms with Crippen LogP contribution in [0.1, 0.15) is 28.5 Å². The summed E-state index contributed by atoms with van der Waals surface area (Å²) in [6, 6.07) is 10.6. The van der Waals surface area contributed by atoms with Crippen LogP contribution in [0.15, 0.2) is 30.3 Å². The smallest absolute Gasteiger partial charge is 0.127 e. The van der Waals surface area contributed by atoms with Crippen molar-refractivity contribution in [3.63, 3.8) is 0 Å². The minimum atomic E-state index is 0.144. The maximum absolute atomic E-state index is 6.05. The lowest BCUT2D eigenvalue weighted by Crippen LogP contribution is -2.20. The molecule has 0 saturated heterocycles. The Morgan fingerprint density at radius 3 is 2.95 bits per heavy atom. The second-order valence-corrected chi connectivity index (χ2v) is 6.40. The monoisotopic (exact) mass is 293 g/mol. The zero-order valence-electron chi connectivity index (χ0n) is 10.8. The molecule has 3 rings (SSSR count). The van der Waals surface area contributed by atoms with Crippen LogP contribution in [0.5, 0.6) is 5.75 Å². The summed E-state index contributed by atoms with van der Waals surface area (Å²) in [7, 11) is 1.97. The standard InChI is InChI=1S/C15H16ClNOS/c1-17-14(12-7-8-13(16)19-12)11-6-2-4-10-5-3-9-18-15(10)11/h2,4,6-8,14,17H,3,5,9H2,1H3. The molecule has 0 spiro atoms. The van der Waals surface area contributed by atoms with Gasteiger partial charge in [-0.25, -0.2) is 0 Å². The molecule has 100 valence electrons. The number of halogens is 1. The molecule has 1 aromatic heterocycles. The lowest BCUT2D eigenvalue weighted by atomic mass is 9.97. The highest BCUT2D eigenvalue weighted by atomic mass is 35.5. The molecule has 1 unspecified atom stereocenters. The van der Waals surface area contributed by atoms with Crippen molar-refractivity contribution in [2.24, 2.45) is 0 Å². The Kier molecular flexibility index (Phi) is 3.78. The topological polar surface area (TPSA) is 21.3 Å². The van der Waals surface area contributed by atoms with E-state index in [1.807, 2.05) is 13.1 Å². The van der Waals surface area contributed by atoms with Crippen molar-refractivity contribution >= 4 is 22.9 Å². The number of nitrogens with one attached hydrogen (secondary N) is 1. The molecule has 1 N–H and O–H groups in total. The molecule has 0 radical (unpaired) electrons. The van der Waals surface area contributed by atoms with Gasteiger partial charge in [0.05, 0.1) is 17.0 Å². The number of aryl methyl sites for hydroxylation is 1. The number of para-hydroxylation sites is 1. The highest BCUT2D eigenvalue weighted by Crippen LogP contribution is 2.38. The molecule has 4 heteroatoms. The van der Waals surface area contributed by atoms with Gasteiger partial charge in [0.25, 0.3) is 0 Å². The van der Waals surface area contributed by atoms with E-state index >= 15 is 0 Å². The Balaban J connectivity index is 2.04.